The van der Waals surface area contributed by atoms with E-state index in [0.717, 1.165) is 12.8 Å². The van der Waals surface area contributed by atoms with Gasteiger partial charge in [0.25, 0.3) is 11.8 Å². The molecule has 1 atom stereocenters. The van der Waals surface area contributed by atoms with E-state index in [2.05, 4.69) is 16.0 Å². The smallest absolute Gasteiger partial charge is 0.319 e. The van der Waals surface area contributed by atoms with E-state index in [0.29, 0.717) is 22.7 Å². The van der Waals surface area contributed by atoms with Crippen molar-refractivity contribution in [2.45, 2.75) is 25.8 Å². The van der Waals surface area contributed by atoms with Crippen molar-refractivity contribution in [3.63, 3.8) is 0 Å². The quantitative estimate of drug-likeness (QED) is 0.729. The number of nitrogens with one attached hydrogen (secondary N) is 3. The molecule has 1 saturated carbocycles. The van der Waals surface area contributed by atoms with Gasteiger partial charge in [0.15, 0.2) is 0 Å². The first kappa shape index (κ1) is 12.7. The largest absolute Gasteiger partial charge is 0.335 e. The first-order valence-electron chi connectivity index (χ1n) is 6.62. The molecular weight excluding hydrogens is 258 g/mol. The van der Waals surface area contributed by atoms with E-state index >= 15 is 0 Å². The molecule has 6 nitrogen and oxygen atoms in total. The fourth-order valence-electron chi connectivity index (χ4n) is 2.33. The number of benzene rings is 1. The van der Waals surface area contributed by atoms with Gasteiger partial charge >= 0.3 is 6.03 Å². The molecule has 0 aromatic heterocycles. The molecule has 3 rings (SSSR count). The first-order chi connectivity index (χ1) is 9.54. The van der Waals surface area contributed by atoms with Gasteiger partial charge < -0.3 is 10.6 Å². The summed E-state index contributed by atoms with van der Waals surface area (Å²) < 4.78 is 0. The highest BCUT2D eigenvalue weighted by molar-refractivity contribution is 6.21. The summed E-state index contributed by atoms with van der Waals surface area (Å²) in [7, 11) is 0. The number of hydrogen-bond donors (Lipinski definition) is 3. The highest BCUT2D eigenvalue weighted by atomic mass is 16.2. The molecule has 0 bridgehead atoms. The van der Waals surface area contributed by atoms with Gasteiger partial charge in [0.05, 0.1) is 11.1 Å². The van der Waals surface area contributed by atoms with Crippen LogP contribution in [0.5, 0.6) is 0 Å². The maximum absolute atomic E-state index is 11.8. The number of carbonyl (C=O) groups excluding carboxylic acids is 3. The third-order valence-corrected chi connectivity index (χ3v) is 3.68. The van der Waals surface area contributed by atoms with E-state index in [-0.39, 0.29) is 12.1 Å². The number of hydrogen-bond acceptors (Lipinski definition) is 3. The van der Waals surface area contributed by atoms with E-state index in [1.54, 1.807) is 6.07 Å². The lowest BCUT2D eigenvalue weighted by Gasteiger charge is -2.13. The Kier molecular flexibility index (Phi) is 2.93. The molecule has 1 aromatic carbocycles. The van der Waals surface area contributed by atoms with Gasteiger partial charge in [0, 0.05) is 11.7 Å². The van der Waals surface area contributed by atoms with Crippen LogP contribution in [0.1, 0.15) is 40.5 Å². The fourth-order valence-corrected chi connectivity index (χ4v) is 2.33. The molecule has 20 heavy (non-hydrogen) atoms. The van der Waals surface area contributed by atoms with Crippen molar-refractivity contribution in [2.75, 3.05) is 5.32 Å². The van der Waals surface area contributed by atoms with Crippen LogP contribution in [0.3, 0.4) is 0 Å². The molecule has 4 amide bonds. The second-order valence-corrected chi connectivity index (χ2v) is 5.27. The zero-order valence-electron chi connectivity index (χ0n) is 11.0. The van der Waals surface area contributed by atoms with E-state index < -0.39 is 11.8 Å². The summed E-state index contributed by atoms with van der Waals surface area (Å²) in [5.74, 6) is -0.257. The minimum absolute atomic E-state index is 0.148. The molecule has 1 heterocycles. The number of fused-ring (bicyclic) bond motifs is 1. The summed E-state index contributed by atoms with van der Waals surface area (Å²) in [4.78, 5) is 34.7. The van der Waals surface area contributed by atoms with Gasteiger partial charge in [0.2, 0.25) is 0 Å². The second kappa shape index (κ2) is 4.63. The highest BCUT2D eigenvalue weighted by Crippen LogP contribution is 2.32. The highest BCUT2D eigenvalue weighted by Gasteiger charge is 2.29. The summed E-state index contributed by atoms with van der Waals surface area (Å²) in [5.41, 5.74) is 1.13. The van der Waals surface area contributed by atoms with E-state index in [9.17, 15) is 14.4 Å². The summed E-state index contributed by atoms with van der Waals surface area (Å²) >= 11 is 0. The Morgan fingerprint density at radius 1 is 1.25 bits per heavy atom. The zero-order chi connectivity index (χ0) is 14.3. The summed E-state index contributed by atoms with van der Waals surface area (Å²) in [6.45, 7) is 1.98. The minimum atomic E-state index is -0.430. The molecule has 2 aliphatic rings. The van der Waals surface area contributed by atoms with Crippen molar-refractivity contribution >= 4 is 23.5 Å². The number of amides is 4. The Hall–Kier alpha value is -2.37. The van der Waals surface area contributed by atoms with Crippen molar-refractivity contribution in [2.24, 2.45) is 5.92 Å². The molecule has 6 heteroatoms. The molecule has 1 aromatic rings. The van der Waals surface area contributed by atoms with Crippen LogP contribution in [0.4, 0.5) is 10.5 Å². The maximum atomic E-state index is 11.8. The molecule has 1 fully saturated rings. The molecule has 0 saturated heterocycles. The van der Waals surface area contributed by atoms with Crippen molar-refractivity contribution in [1.82, 2.24) is 10.6 Å². The standard InChI is InChI=1S/C14H15N3O3/c1-7(8-2-3-8)15-14(20)16-9-4-5-10-11(6-9)13(19)17-12(10)18/h4-8H,2-3H2,1H3,(H2,15,16,20)(H,17,18,19)/t7-/m1/s1. The summed E-state index contributed by atoms with van der Waals surface area (Å²) in [5, 5.41) is 7.75. The SMILES string of the molecule is C[C@@H](NC(=O)Nc1ccc2c(c1)C(=O)NC2=O)C1CC1. The average Bonchev–Trinajstić information content (AvgIpc) is 3.18. The van der Waals surface area contributed by atoms with Crippen molar-refractivity contribution in [1.29, 1.82) is 0 Å². The van der Waals surface area contributed by atoms with Gasteiger partial charge in [-0.25, -0.2) is 4.79 Å². The van der Waals surface area contributed by atoms with Crippen molar-refractivity contribution in [3.05, 3.63) is 29.3 Å². The van der Waals surface area contributed by atoms with E-state index in [1.807, 2.05) is 6.92 Å². The van der Waals surface area contributed by atoms with Crippen LogP contribution in [0.2, 0.25) is 0 Å². The average molecular weight is 273 g/mol. The number of carbonyl (C=O) groups is 3. The normalized spacial score (nSPS) is 18.2. The lowest BCUT2D eigenvalue weighted by molar-refractivity contribution is 0.0879. The summed E-state index contributed by atoms with van der Waals surface area (Å²) in [6, 6.07) is 4.51. The topological polar surface area (TPSA) is 87.3 Å². The Balaban J connectivity index is 1.69. The second-order valence-electron chi connectivity index (χ2n) is 5.27. The fraction of sp³-hybridized carbons (Fsp3) is 0.357. The molecular formula is C14H15N3O3. The van der Waals surface area contributed by atoms with Gasteiger partial charge in [-0.1, -0.05) is 0 Å². The Labute approximate surface area is 115 Å². The molecule has 0 spiro atoms. The van der Waals surface area contributed by atoms with Gasteiger partial charge in [-0.3, -0.25) is 14.9 Å². The van der Waals surface area contributed by atoms with Gasteiger partial charge in [0.1, 0.15) is 0 Å². The van der Waals surface area contributed by atoms with Gasteiger partial charge in [-0.2, -0.15) is 0 Å². The number of anilines is 1. The van der Waals surface area contributed by atoms with Crippen LogP contribution in [-0.4, -0.2) is 23.9 Å². The summed E-state index contributed by atoms with van der Waals surface area (Å²) in [6.07, 6.45) is 2.31. The van der Waals surface area contributed by atoms with Crippen LogP contribution in [0.25, 0.3) is 0 Å². The Bertz CT molecular complexity index is 608. The van der Waals surface area contributed by atoms with E-state index in [1.165, 1.54) is 12.1 Å². The number of urea groups is 1. The van der Waals surface area contributed by atoms with Crippen LogP contribution in [-0.2, 0) is 0 Å². The van der Waals surface area contributed by atoms with Crippen LogP contribution >= 0.6 is 0 Å². The minimum Gasteiger partial charge on any atom is -0.335 e. The third-order valence-electron chi connectivity index (χ3n) is 3.68. The predicted molar refractivity (Wildman–Crippen MR) is 72.6 cm³/mol. The molecule has 0 radical (unpaired) electrons. The number of imide groups is 1. The lowest BCUT2D eigenvalue weighted by Crippen LogP contribution is -2.37. The Morgan fingerprint density at radius 2 is 1.95 bits per heavy atom. The first-order valence-corrected chi connectivity index (χ1v) is 6.62. The predicted octanol–water partition coefficient (Wildman–Crippen LogP) is 1.49. The van der Waals surface area contributed by atoms with E-state index in [4.69, 9.17) is 0 Å². The Morgan fingerprint density at radius 3 is 2.65 bits per heavy atom. The lowest BCUT2D eigenvalue weighted by atomic mass is 10.1. The molecule has 3 N–H and O–H groups in total. The van der Waals surface area contributed by atoms with Gasteiger partial charge in [-0.15, -0.1) is 0 Å². The van der Waals surface area contributed by atoms with Gasteiger partial charge in [-0.05, 0) is 43.9 Å². The van der Waals surface area contributed by atoms with Crippen LogP contribution in [0.15, 0.2) is 18.2 Å². The molecule has 104 valence electrons. The van der Waals surface area contributed by atoms with Crippen LogP contribution in [0, 0.1) is 5.92 Å². The third kappa shape index (κ3) is 2.36. The number of rotatable bonds is 3. The van der Waals surface area contributed by atoms with Crippen molar-refractivity contribution in [3.8, 4) is 0 Å². The van der Waals surface area contributed by atoms with Crippen LogP contribution < -0.4 is 16.0 Å². The molecule has 1 aliphatic heterocycles. The van der Waals surface area contributed by atoms with Crippen molar-refractivity contribution < 1.29 is 14.4 Å². The maximum Gasteiger partial charge on any atom is 0.319 e. The molecule has 1 aliphatic carbocycles. The zero-order valence-corrected chi connectivity index (χ0v) is 11.0. The monoisotopic (exact) mass is 273 g/mol. The molecule has 0 unspecified atom stereocenters.